The first-order valence-corrected chi connectivity index (χ1v) is 9.73. The van der Waals surface area contributed by atoms with Crippen LogP contribution in [0.4, 0.5) is 0 Å². The summed E-state index contributed by atoms with van der Waals surface area (Å²) in [4.78, 5) is 29.2. The fourth-order valence-corrected chi connectivity index (χ4v) is 3.97. The van der Waals surface area contributed by atoms with Gasteiger partial charge in [0, 0.05) is 5.02 Å². The highest BCUT2D eigenvalue weighted by Gasteiger charge is 2.13. The van der Waals surface area contributed by atoms with Crippen LogP contribution in [0.1, 0.15) is 18.1 Å². The molecule has 0 atom stereocenters. The maximum Gasteiger partial charge on any atom is 0.326 e. The summed E-state index contributed by atoms with van der Waals surface area (Å²) >= 11 is 7.39. The number of aromatic nitrogens is 1. The molecule has 0 aliphatic heterocycles. The lowest BCUT2D eigenvalue weighted by molar-refractivity contribution is -0.143. The van der Waals surface area contributed by atoms with Gasteiger partial charge in [0.25, 0.3) is 5.91 Å². The third-order valence-electron chi connectivity index (χ3n) is 3.93. The van der Waals surface area contributed by atoms with Crippen molar-refractivity contribution in [2.45, 2.75) is 26.8 Å². The summed E-state index contributed by atoms with van der Waals surface area (Å²) in [6, 6.07) is 13.1. The first-order valence-electron chi connectivity index (χ1n) is 8.54. The molecule has 3 rings (SSSR count). The fraction of sp³-hybridized carbons (Fsp3) is 0.250. The normalized spacial score (nSPS) is 11.7. The van der Waals surface area contributed by atoms with Gasteiger partial charge in [0.2, 0.25) is 0 Å². The first kappa shape index (κ1) is 19.3. The minimum atomic E-state index is -0.375. The molecular formula is C20H19ClN2O3S. The van der Waals surface area contributed by atoms with Gasteiger partial charge in [-0.3, -0.25) is 9.59 Å². The number of thiazole rings is 1. The van der Waals surface area contributed by atoms with Gasteiger partial charge >= 0.3 is 5.97 Å². The molecule has 0 aliphatic rings. The molecule has 1 aromatic heterocycles. The van der Waals surface area contributed by atoms with Crippen molar-refractivity contribution in [1.29, 1.82) is 0 Å². The van der Waals surface area contributed by atoms with Crippen molar-refractivity contribution in [2.24, 2.45) is 4.99 Å². The number of aryl methyl sites for hydroxylation is 1. The van der Waals surface area contributed by atoms with Crippen molar-refractivity contribution in [2.75, 3.05) is 6.61 Å². The number of hydrogen-bond donors (Lipinski definition) is 0. The highest BCUT2D eigenvalue weighted by Crippen LogP contribution is 2.22. The van der Waals surface area contributed by atoms with E-state index in [4.69, 9.17) is 16.3 Å². The minimum Gasteiger partial charge on any atom is -0.465 e. The molecule has 0 bridgehead atoms. The standard InChI is InChI=1S/C20H19ClN2O3S/c1-3-26-19(25)12-23-16-9-8-15(21)11-17(16)27-20(23)22-18(24)10-14-6-4-13(2)5-7-14/h4-9,11H,3,10,12H2,1-2H3. The van der Waals surface area contributed by atoms with Gasteiger partial charge < -0.3 is 9.30 Å². The van der Waals surface area contributed by atoms with Crippen LogP contribution in [-0.4, -0.2) is 23.1 Å². The molecule has 0 N–H and O–H groups in total. The van der Waals surface area contributed by atoms with Crippen LogP contribution in [0.5, 0.6) is 0 Å². The van der Waals surface area contributed by atoms with Crippen LogP contribution >= 0.6 is 22.9 Å². The summed E-state index contributed by atoms with van der Waals surface area (Å²) in [5.74, 6) is -0.645. The number of halogens is 1. The predicted molar refractivity (Wildman–Crippen MR) is 107 cm³/mol. The SMILES string of the molecule is CCOC(=O)Cn1c(=NC(=O)Cc2ccc(C)cc2)sc2cc(Cl)ccc21. The third-order valence-corrected chi connectivity index (χ3v) is 5.21. The van der Waals surface area contributed by atoms with Crippen LogP contribution < -0.4 is 4.80 Å². The average molecular weight is 403 g/mol. The Morgan fingerprint density at radius 2 is 1.93 bits per heavy atom. The highest BCUT2D eigenvalue weighted by molar-refractivity contribution is 7.16. The highest BCUT2D eigenvalue weighted by atomic mass is 35.5. The largest absolute Gasteiger partial charge is 0.465 e. The van der Waals surface area contributed by atoms with Gasteiger partial charge in [-0.25, -0.2) is 0 Å². The van der Waals surface area contributed by atoms with E-state index in [2.05, 4.69) is 4.99 Å². The average Bonchev–Trinajstić information content (AvgIpc) is 2.93. The van der Waals surface area contributed by atoms with Crippen molar-refractivity contribution >= 4 is 45.0 Å². The van der Waals surface area contributed by atoms with Crippen LogP contribution in [0, 0.1) is 6.92 Å². The Labute approximate surface area is 165 Å². The van der Waals surface area contributed by atoms with Gasteiger partial charge in [-0.1, -0.05) is 52.8 Å². The van der Waals surface area contributed by atoms with E-state index in [1.807, 2.05) is 37.3 Å². The molecule has 0 radical (unpaired) electrons. The second-order valence-electron chi connectivity index (χ2n) is 6.06. The van der Waals surface area contributed by atoms with E-state index in [0.29, 0.717) is 16.4 Å². The molecule has 140 valence electrons. The third kappa shape index (κ3) is 4.84. The Morgan fingerprint density at radius 3 is 2.63 bits per heavy atom. The lowest BCUT2D eigenvalue weighted by Gasteiger charge is -2.05. The van der Waals surface area contributed by atoms with Crippen LogP contribution in [0.25, 0.3) is 10.2 Å². The van der Waals surface area contributed by atoms with Gasteiger partial charge in [0.1, 0.15) is 6.54 Å². The molecule has 0 spiro atoms. The molecule has 3 aromatic rings. The number of carbonyl (C=O) groups excluding carboxylic acids is 2. The number of benzene rings is 2. The smallest absolute Gasteiger partial charge is 0.326 e. The van der Waals surface area contributed by atoms with E-state index in [1.54, 1.807) is 23.6 Å². The van der Waals surface area contributed by atoms with Crippen molar-refractivity contribution in [3.05, 3.63) is 63.4 Å². The summed E-state index contributed by atoms with van der Waals surface area (Å²) in [6.45, 7) is 4.04. The van der Waals surface area contributed by atoms with Crippen molar-refractivity contribution < 1.29 is 14.3 Å². The predicted octanol–water partition coefficient (Wildman–Crippen LogP) is 3.90. The maximum absolute atomic E-state index is 12.5. The minimum absolute atomic E-state index is 0.00782. The Hall–Kier alpha value is -2.44. The zero-order chi connectivity index (χ0) is 19.4. The Balaban J connectivity index is 1.97. The fourth-order valence-electron chi connectivity index (χ4n) is 2.65. The zero-order valence-electron chi connectivity index (χ0n) is 15.1. The molecule has 5 nitrogen and oxygen atoms in total. The number of hydrogen-bond acceptors (Lipinski definition) is 4. The van der Waals surface area contributed by atoms with E-state index in [0.717, 1.165) is 21.3 Å². The van der Waals surface area contributed by atoms with Crippen LogP contribution in [0.3, 0.4) is 0 Å². The second kappa shape index (κ2) is 8.50. The quantitative estimate of drug-likeness (QED) is 0.608. The zero-order valence-corrected chi connectivity index (χ0v) is 16.6. The summed E-state index contributed by atoms with van der Waals surface area (Å²) in [6.07, 6.45) is 0.203. The van der Waals surface area contributed by atoms with Gasteiger partial charge in [-0.05, 0) is 37.6 Å². The van der Waals surface area contributed by atoms with Gasteiger partial charge in [-0.15, -0.1) is 0 Å². The number of carbonyl (C=O) groups is 2. The molecule has 7 heteroatoms. The molecule has 0 saturated heterocycles. The van der Waals surface area contributed by atoms with Crippen molar-refractivity contribution in [1.82, 2.24) is 4.57 Å². The molecule has 1 amide bonds. The second-order valence-corrected chi connectivity index (χ2v) is 7.50. The molecular weight excluding hydrogens is 384 g/mol. The monoisotopic (exact) mass is 402 g/mol. The Kier molecular flexibility index (Phi) is 6.08. The number of esters is 1. The van der Waals surface area contributed by atoms with Gasteiger partial charge in [-0.2, -0.15) is 4.99 Å². The summed E-state index contributed by atoms with van der Waals surface area (Å²) in [7, 11) is 0. The summed E-state index contributed by atoms with van der Waals surface area (Å²) in [5.41, 5.74) is 2.83. The van der Waals surface area contributed by atoms with E-state index < -0.39 is 0 Å². The molecule has 0 unspecified atom stereocenters. The van der Waals surface area contributed by atoms with E-state index in [9.17, 15) is 9.59 Å². The van der Waals surface area contributed by atoms with E-state index in [-0.39, 0.29) is 24.8 Å². The number of ether oxygens (including phenoxy) is 1. The number of nitrogens with zero attached hydrogens (tertiary/aromatic N) is 2. The Morgan fingerprint density at radius 1 is 1.19 bits per heavy atom. The maximum atomic E-state index is 12.5. The van der Waals surface area contributed by atoms with E-state index in [1.165, 1.54) is 11.3 Å². The van der Waals surface area contributed by atoms with Gasteiger partial charge in [0.05, 0.1) is 23.2 Å². The number of rotatable bonds is 5. The first-order chi connectivity index (χ1) is 13.0. The molecule has 0 saturated carbocycles. The summed E-state index contributed by atoms with van der Waals surface area (Å²) < 4.78 is 7.60. The van der Waals surface area contributed by atoms with Gasteiger partial charge in [0.15, 0.2) is 4.80 Å². The van der Waals surface area contributed by atoms with Crippen molar-refractivity contribution in [3.8, 4) is 0 Å². The van der Waals surface area contributed by atoms with Crippen LogP contribution in [0.15, 0.2) is 47.5 Å². The number of amides is 1. The molecule has 2 aromatic carbocycles. The Bertz CT molecular complexity index is 1050. The van der Waals surface area contributed by atoms with Crippen LogP contribution in [0.2, 0.25) is 5.02 Å². The molecule has 27 heavy (non-hydrogen) atoms. The molecule has 1 heterocycles. The topological polar surface area (TPSA) is 60.7 Å². The number of fused-ring (bicyclic) bond motifs is 1. The summed E-state index contributed by atoms with van der Waals surface area (Å²) in [5, 5.41) is 0.588. The molecule has 0 fully saturated rings. The van der Waals surface area contributed by atoms with Crippen molar-refractivity contribution in [3.63, 3.8) is 0 Å². The van der Waals surface area contributed by atoms with E-state index >= 15 is 0 Å². The van der Waals surface area contributed by atoms with Crippen LogP contribution in [-0.2, 0) is 27.3 Å². The lowest BCUT2D eigenvalue weighted by atomic mass is 10.1. The molecule has 0 aliphatic carbocycles. The lowest BCUT2D eigenvalue weighted by Crippen LogP contribution is -2.23.